The lowest BCUT2D eigenvalue weighted by atomic mass is 9.99. The molecule has 0 aliphatic rings. The first kappa shape index (κ1) is 14.0. The van der Waals surface area contributed by atoms with Gasteiger partial charge in [0, 0.05) is 23.7 Å². The van der Waals surface area contributed by atoms with E-state index in [0.717, 1.165) is 5.52 Å². The normalized spacial score (nSPS) is 13.1. The lowest BCUT2D eigenvalue weighted by Crippen LogP contribution is -2.28. The van der Waals surface area contributed by atoms with Gasteiger partial charge in [-0.25, -0.2) is 0 Å². The Morgan fingerprint density at radius 3 is 2.79 bits per heavy atom. The molecule has 0 aliphatic heterocycles. The number of rotatable bonds is 6. The molecule has 0 saturated carbocycles. The Kier molecular flexibility index (Phi) is 4.92. The second kappa shape index (κ2) is 6.67. The molecular formula is C17H24N2. The molecule has 0 bridgehead atoms. The van der Waals surface area contributed by atoms with E-state index in [9.17, 15) is 0 Å². The van der Waals surface area contributed by atoms with Crippen molar-refractivity contribution in [2.45, 2.75) is 52.1 Å². The van der Waals surface area contributed by atoms with Crippen LogP contribution in [0, 0.1) is 0 Å². The molecule has 2 heteroatoms. The average Bonchev–Trinajstić information content (AvgIpc) is 2.42. The smallest absolute Gasteiger partial charge is 0.0705 e. The van der Waals surface area contributed by atoms with Gasteiger partial charge in [-0.3, -0.25) is 4.98 Å². The minimum Gasteiger partial charge on any atom is -0.308 e. The van der Waals surface area contributed by atoms with Gasteiger partial charge in [0.15, 0.2) is 0 Å². The van der Waals surface area contributed by atoms with E-state index in [1.807, 2.05) is 12.3 Å². The number of pyridine rings is 1. The monoisotopic (exact) mass is 256 g/mol. The summed E-state index contributed by atoms with van der Waals surface area (Å²) >= 11 is 0. The van der Waals surface area contributed by atoms with E-state index in [-0.39, 0.29) is 0 Å². The van der Waals surface area contributed by atoms with Crippen molar-refractivity contribution in [2.75, 3.05) is 0 Å². The molecule has 0 spiro atoms. The first-order valence-corrected chi connectivity index (χ1v) is 7.31. The van der Waals surface area contributed by atoms with Gasteiger partial charge < -0.3 is 5.32 Å². The summed E-state index contributed by atoms with van der Waals surface area (Å²) in [5.41, 5.74) is 2.44. The topological polar surface area (TPSA) is 24.9 Å². The largest absolute Gasteiger partial charge is 0.308 e. The van der Waals surface area contributed by atoms with Crippen LogP contribution in [0.25, 0.3) is 10.9 Å². The Morgan fingerprint density at radius 2 is 2.05 bits per heavy atom. The molecule has 1 N–H and O–H groups in total. The van der Waals surface area contributed by atoms with Gasteiger partial charge in [0.05, 0.1) is 5.52 Å². The summed E-state index contributed by atoms with van der Waals surface area (Å²) in [5, 5.41) is 4.88. The fourth-order valence-corrected chi connectivity index (χ4v) is 2.46. The molecule has 2 rings (SSSR count). The van der Waals surface area contributed by atoms with E-state index in [4.69, 9.17) is 0 Å². The lowest BCUT2D eigenvalue weighted by molar-refractivity contribution is 0.440. The Balaban J connectivity index is 2.26. The molecule has 1 heterocycles. The third-order valence-corrected chi connectivity index (χ3v) is 3.41. The first-order chi connectivity index (χ1) is 9.20. The van der Waals surface area contributed by atoms with Crippen molar-refractivity contribution < 1.29 is 0 Å². The summed E-state index contributed by atoms with van der Waals surface area (Å²) in [6, 6.07) is 11.7. The number of hydrogen-bond donors (Lipinski definition) is 1. The second-order valence-electron chi connectivity index (χ2n) is 5.47. The fourth-order valence-electron chi connectivity index (χ4n) is 2.46. The Labute approximate surface area is 116 Å². The maximum Gasteiger partial charge on any atom is 0.0705 e. The first-order valence-electron chi connectivity index (χ1n) is 7.31. The summed E-state index contributed by atoms with van der Waals surface area (Å²) in [6.45, 7) is 6.66. The zero-order valence-corrected chi connectivity index (χ0v) is 12.2. The zero-order chi connectivity index (χ0) is 13.7. The predicted molar refractivity (Wildman–Crippen MR) is 82.3 cm³/mol. The molecule has 0 saturated heterocycles. The van der Waals surface area contributed by atoms with Crippen molar-refractivity contribution >= 4 is 10.9 Å². The van der Waals surface area contributed by atoms with Crippen molar-refractivity contribution in [1.82, 2.24) is 10.3 Å². The van der Waals surface area contributed by atoms with Gasteiger partial charge in [0.2, 0.25) is 0 Å². The summed E-state index contributed by atoms with van der Waals surface area (Å²) in [7, 11) is 0. The molecule has 0 fully saturated rings. The van der Waals surface area contributed by atoms with Crippen molar-refractivity contribution in [3.8, 4) is 0 Å². The third-order valence-electron chi connectivity index (χ3n) is 3.41. The summed E-state index contributed by atoms with van der Waals surface area (Å²) in [4.78, 5) is 4.46. The van der Waals surface area contributed by atoms with E-state index < -0.39 is 0 Å². The average molecular weight is 256 g/mol. The molecule has 19 heavy (non-hydrogen) atoms. The Morgan fingerprint density at radius 1 is 1.21 bits per heavy atom. The predicted octanol–water partition coefficient (Wildman–Crippen LogP) is 4.46. The minimum absolute atomic E-state index is 0.436. The minimum atomic E-state index is 0.436. The molecular weight excluding hydrogens is 232 g/mol. The van der Waals surface area contributed by atoms with Crippen molar-refractivity contribution in [3.05, 3.63) is 42.1 Å². The third kappa shape index (κ3) is 3.77. The van der Waals surface area contributed by atoms with Crippen LogP contribution in [0.15, 0.2) is 36.5 Å². The number of aromatic nitrogens is 1. The number of fused-ring (bicyclic) bond motifs is 1. The van der Waals surface area contributed by atoms with Crippen LogP contribution >= 0.6 is 0 Å². The quantitative estimate of drug-likeness (QED) is 0.825. The maximum absolute atomic E-state index is 4.46. The van der Waals surface area contributed by atoms with Crippen LogP contribution in [0.1, 0.15) is 51.6 Å². The number of unbranched alkanes of at least 4 members (excludes halogenated alkanes) is 1. The van der Waals surface area contributed by atoms with Gasteiger partial charge in [0.25, 0.3) is 0 Å². The van der Waals surface area contributed by atoms with Gasteiger partial charge >= 0.3 is 0 Å². The van der Waals surface area contributed by atoms with E-state index in [2.05, 4.69) is 55.3 Å². The standard InChI is InChI=1S/C17H24N2/c1-4-5-8-16(19-13(2)3)15-10-9-14-7-6-11-18-17(14)12-15/h6-7,9-13,16,19H,4-5,8H2,1-3H3. The molecule has 2 nitrogen and oxygen atoms in total. The molecule has 2 aromatic rings. The number of hydrogen-bond acceptors (Lipinski definition) is 2. The van der Waals surface area contributed by atoms with Crippen LogP contribution in [0.3, 0.4) is 0 Å². The van der Waals surface area contributed by atoms with Gasteiger partial charge in [0.1, 0.15) is 0 Å². The highest BCUT2D eigenvalue weighted by molar-refractivity contribution is 5.78. The van der Waals surface area contributed by atoms with Crippen molar-refractivity contribution in [1.29, 1.82) is 0 Å². The highest BCUT2D eigenvalue weighted by Gasteiger charge is 2.12. The van der Waals surface area contributed by atoms with Crippen molar-refractivity contribution in [3.63, 3.8) is 0 Å². The Hall–Kier alpha value is -1.41. The van der Waals surface area contributed by atoms with Gasteiger partial charge in [-0.05, 0) is 24.1 Å². The maximum atomic E-state index is 4.46. The van der Waals surface area contributed by atoms with Crippen molar-refractivity contribution in [2.24, 2.45) is 0 Å². The fraction of sp³-hybridized carbons (Fsp3) is 0.471. The highest BCUT2D eigenvalue weighted by atomic mass is 14.9. The second-order valence-corrected chi connectivity index (χ2v) is 5.47. The highest BCUT2D eigenvalue weighted by Crippen LogP contribution is 2.23. The number of nitrogens with one attached hydrogen (secondary N) is 1. The number of benzene rings is 1. The molecule has 0 radical (unpaired) electrons. The van der Waals surface area contributed by atoms with Crippen LogP contribution < -0.4 is 5.32 Å². The van der Waals surface area contributed by atoms with E-state index >= 15 is 0 Å². The molecule has 102 valence electrons. The zero-order valence-electron chi connectivity index (χ0n) is 12.2. The Bertz CT molecular complexity index is 519. The lowest BCUT2D eigenvalue weighted by Gasteiger charge is -2.22. The van der Waals surface area contributed by atoms with Crippen LogP contribution in [-0.4, -0.2) is 11.0 Å². The number of nitrogens with zero attached hydrogens (tertiary/aromatic N) is 1. The molecule has 0 amide bonds. The SMILES string of the molecule is CCCCC(NC(C)C)c1ccc2cccnc2c1. The van der Waals surface area contributed by atoms with Crippen LogP contribution in [0.5, 0.6) is 0 Å². The van der Waals surface area contributed by atoms with E-state index in [1.165, 1.54) is 30.2 Å². The van der Waals surface area contributed by atoms with Gasteiger partial charge in [-0.15, -0.1) is 0 Å². The van der Waals surface area contributed by atoms with Gasteiger partial charge in [-0.1, -0.05) is 51.8 Å². The molecule has 1 aromatic carbocycles. The molecule has 0 aliphatic carbocycles. The summed E-state index contributed by atoms with van der Waals surface area (Å²) < 4.78 is 0. The van der Waals surface area contributed by atoms with Crippen LogP contribution in [-0.2, 0) is 0 Å². The van der Waals surface area contributed by atoms with E-state index in [0.29, 0.717) is 12.1 Å². The van der Waals surface area contributed by atoms with Gasteiger partial charge in [-0.2, -0.15) is 0 Å². The summed E-state index contributed by atoms with van der Waals surface area (Å²) in [6.07, 6.45) is 5.54. The summed E-state index contributed by atoms with van der Waals surface area (Å²) in [5.74, 6) is 0. The molecule has 1 atom stereocenters. The molecule has 1 unspecified atom stereocenters. The molecule has 1 aromatic heterocycles. The van der Waals surface area contributed by atoms with E-state index in [1.54, 1.807) is 0 Å². The van der Waals surface area contributed by atoms with Crippen LogP contribution in [0.2, 0.25) is 0 Å². The van der Waals surface area contributed by atoms with Crippen LogP contribution in [0.4, 0.5) is 0 Å².